The number of rotatable bonds is 8. The number of benzene rings is 9. The molecule has 2 aromatic heterocycles. The highest BCUT2D eigenvalue weighted by Gasteiger charge is 2.21. The first-order valence-corrected chi connectivity index (χ1v) is 20.6. The van der Waals surface area contributed by atoms with E-state index in [-0.39, 0.29) is 0 Å². The first kappa shape index (κ1) is 35.9. The summed E-state index contributed by atoms with van der Waals surface area (Å²) in [7, 11) is 0. The molecule has 0 aliphatic carbocycles. The van der Waals surface area contributed by atoms with E-state index in [9.17, 15) is 0 Å². The van der Waals surface area contributed by atoms with Gasteiger partial charge in [0.15, 0.2) is 17.5 Å². The molecule has 11 aromatic rings. The Morgan fingerprint density at radius 1 is 0.246 bits per heavy atom. The molecule has 2 heterocycles. The van der Waals surface area contributed by atoms with Gasteiger partial charge in [-0.05, 0) is 74.8 Å². The Hall–Kier alpha value is -8.21. The van der Waals surface area contributed by atoms with Crippen LogP contribution in [0.5, 0.6) is 0 Å². The topological polar surface area (TPSA) is 43.6 Å². The van der Waals surface area contributed by atoms with E-state index in [4.69, 9.17) is 15.0 Å². The molecule has 0 fully saturated rings. The molecule has 286 valence electrons. The molecule has 0 saturated heterocycles. The zero-order valence-corrected chi connectivity index (χ0v) is 33.2. The summed E-state index contributed by atoms with van der Waals surface area (Å²) in [4.78, 5) is 15.6. The third-order valence-corrected chi connectivity index (χ3v) is 11.5. The number of fused-ring (bicyclic) bond motifs is 3. The average Bonchev–Trinajstić information content (AvgIpc) is 3.68. The van der Waals surface area contributed by atoms with Gasteiger partial charge in [-0.3, -0.25) is 0 Å². The third kappa shape index (κ3) is 6.86. The van der Waals surface area contributed by atoms with E-state index in [0.717, 1.165) is 55.5 Å². The summed E-state index contributed by atoms with van der Waals surface area (Å²) in [5.74, 6) is 1.86. The van der Waals surface area contributed by atoms with Crippen molar-refractivity contribution in [2.24, 2.45) is 0 Å². The molecular formula is C57H38N4. The lowest BCUT2D eigenvalue weighted by Gasteiger charge is -2.14. The van der Waals surface area contributed by atoms with Crippen LogP contribution in [-0.4, -0.2) is 19.5 Å². The van der Waals surface area contributed by atoms with Gasteiger partial charge in [-0.2, -0.15) is 0 Å². The lowest BCUT2D eigenvalue weighted by atomic mass is 9.96. The lowest BCUT2D eigenvalue weighted by molar-refractivity contribution is 1.07. The molecule has 61 heavy (non-hydrogen) atoms. The largest absolute Gasteiger partial charge is 0.309 e. The van der Waals surface area contributed by atoms with Crippen molar-refractivity contribution in [2.75, 3.05) is 0 Å². The normalized spacial score (nSPS) is 11.3. The van der Waals surface area contributed by atoms with Crippen LogP contribution in [0.15, 0.2) is 231 Å². The zero-order chi connectivity index (χ0) is 40.5. The molecule has 0 spiro atoms. The molecule has 4 nitrogen and oxygen atoms in total. The van der Waals surface area contributed by atoms with Crippen molar-refractivity contribution in [1.82, 2.24) is 19.5 Å². The molecule has 0 amide bonds. The molecular weight excluding hydrogens is 741 g/mol. The smallest absolute Gasteiger partial charge is 0.164 e. The molecule has 11 rings (SSSR count). The second kappa shape index (κ2) is 15.5. The fourth-order valence-electron chi connectivity index (χ4n) is 8.41. The Balaban J connectivity index is 1.08. The minimum atomic E-state index is 0.614. The summed E-state index contributed by atoms with van der Waals surface area (Å²) in [5.41, 5.74) is 15.3. The lowest BCUT2D eigenvalue weighted by Crippen LogP contribution is -2.02. The van der Waals surface area contributed by atoms with Crippen LogP contribution in [0.1, 0.15) is 0 Å². The Morgan fingerprint density at radius 3 is 1.15 bits per heavy atom. The van der Waals surface area contributed by atoms with E-state index in [1.807, 2.05) is 24.3 Å². The van der Waals surface area contributed by atoms with Crippen molar-refractivity contribution in [3.05, 3.63) is 231 Å². The van der Waals surface area contributed by atoms with Crippen molar-refractivity contribution >= 4 is 21.8 Å². The van der Waals surface area contributed by atoms with Gasteiger partial charge in [-0.1, -0.05) is 200 Å². The predicted octanol–water partition coefficient (Wildman–Crippen LogP) is 14.6. The van der Waals surface area contributed by atoms with Crippen LogP contribution in [0.2, 0.25) is 0 Å². The molecule has 0 aliphatic rings. The number of hydrogen-bond acceptors (Lipinski definition) is 3. The third-order valence-electron chi connectivity index (χ3n) is 11.5. The maximum Gasteiger partial charge on any atom is 0.164 e. The maximum atomic E-state index is 5.29. The van der Waals surface area contributed by atoms with Crippen LogP contribution >= 0.6 is 0 Å². The Labute approximate surface area is 354 Å². The molecule has 0 unspecified atom stereocenters. The Kier molecular flexibility index (Phi) is 9.14. The summed E-state index contributed by atoms with van der Waals surface area (Å²) in [6.45, 7) is 0. The Bertz CT molecular complexity index is 3290. The summed E-state index contributed by atoms with van der Waals surface area (Å²) < 4.78 is 2.37. The first-order valence-electron chi connectivity index (χ1n) is 20.6. The molecule has 0 N–H and O–H groups in total. The van der Waals surface area contributed by atoms with Crippen LogP contribution < -0.4 is 0 Å². The van der Waals surface area contributed by atoms with Gasteiger partial charge in [0.1, 0.15) is 0 Å². The highest BCUT2D eigenvalue weighted by Crippen LogP contribution is 2.41. The average molecular weight is 779 g/mol. The molecule has 0 bridgehead atoms. The van der Waals surface area contributed by atoms with Crippen LogP contribution in [0.4, 0.5) is 0 Å². The standard InChI is InChI=1S/C57H38N4/c1-5-15-39(16-6-1)41-25-27-43(28-26-41)44-33-35-48(36-34-44)61-53-24-14-13-23-49(53)51-37-50(45-19-9-3-10-20-45)52(38-54(51)61)57-59-55(46-21-11-4-12-22-46)58-56(60-57)47-31-29-42(30-32-47)40-17-7-2-8-18-40/h1-38H. The van der Waals surface area contributed by atoms with Crippen molar-refractivity contribution in [2.45, 2.75) is 0 Å². The van der Waals surface area contributed by atoms with Crippen LogP contribution in [-0.2, 0) is 0 Å². The van der Waals surface area contributed by atoms with E-state index in [1.54, 1.807) is 0 Å². The summed E-state index contributed by atoms with van der Waals surface area (Å²) in [5, 5.41) is 2.34. The van der Waals surface area contributed by atoms with E-state index in [2.05, 4.69) is 211 Å². The Morgan fingerprint density at radius 2 is 0.623 bits per heavy atom. The van der Waals surface area contributed by atoms with Crippen LogP contribution in [0.25, 0.3) is 106 Å². The minimum absolute atomic E-state index is 0.614. The fraction of sp³-hybridized carbons (Fsp3) is 0. The van der Waals surface area contributed by atoms with E-state index in [1.165, 1.54) is 33.2 Å². The van der Waals surface area contributed by atoms with Gasteiger partial charge in [-0.15, -0.1) is 0 Å². The van der Waals surface area contributed by atoms with Gasteiger partial charge in [-0.25, -0.2) is 15.0 Å². The molecule has 4 heteroatoms. The molecule has 0 aliphatic heterocycles. The van der Waals surface area contributed by atoms with Gasteiger partial charge < -0.3 is 4.57 Å². The minimum Gasteiger partial charge on any atom is -0.309 e. The second-order valence-electron chi connectivity index (χ2n) is 15.2. The molecule has 0 saturated carbocycles. The molecule has 0 atom stereocenters. The summed E-state index contributed by atoms with van der Waals surface area (Å²) >= 11 is 0. The number of hydrogen-bond donors (Lipinski definition) is 0. The number of nitrogens with zero attached hydrogens (tertiary/aromatic N) is 4. The van der Waals surface area contributed by atoms with Gasteiger partial charge in [0.05, 0.1) is 11.0 Å². The number of para-hydroxylation sites is 1. The zero-order valence-electron chi connectivity index (χ0n) is 33.2. The SMILES string of the molecule is c1ccc(-c2ccc(-c3ccc(-n4c5ccccc5c5cc(-c6ccccc6)c(-c6nc(-c7ccccc7)nc(-c7ccc(-c8ccccc8)cc7)n6)cc54)cc3)cc2)cc1. The highest BCUT2D eigenvalue weighted by atomic mass is 15.0. The monoisotopic (exact) mass is 778 g/mol. The van der Waals surface area contributed by atoms with Gasteiger partial charge in [0.2, 0.25) is 0 Å². The van der Waals surface area contributed by atoms with Crippen molar-refractivity contribution < 1.29 is 0 Å². The maximum absolute atomic E-state index is 5.29. The van der Waals surface area contributed by atoms with E-state index >= 15 is 0 Å². The van der Waals surface area contributed by atoms with E-state index in [0.29, 0.717) is 17.5 Å². The van der Waals surface area contributed by atoms with Gasteiger partial charge >= 0.3 is 0 Å². The van der Waals surface area contributed by atoms with Crippen molar-refractivity contribution in [3.8, 4) is 84.4 Å². The van der Waals surface area contributed by atoms with Crippen LogP contribution in [0.3, 0.4) is 0 Å². The quantitative estimate of drug-likeness (QED) is 0.154. The predicted molar refractivity (Wildman–Crippen MR) is 252 cm³/mol. The first-order chi connectivity index (χ1) is 30.2. The molecule has 0 radical (unpaired) electrons. The highest BCUT2D eigenvalue weighted by molar-refractivity contribution is 6.12. The summed E-state index contributed by atoms with van der Waals surface area (Å²) in [6, 6.07) is 81.2. The fourth-order valence-corrected chi connectivity index (χ4v) is 8.41. The summed E-state index contributed by atoms with van der Waals surface area (Å²) in [6.07, 6.45) is 0. The van der Waals surface area contributed by atoms with Crippen molar-refractivity contribution in [1.29, 1.82) is 0 Å². The van der Waals surface area contributed by atoms with Gasteiger partial charge in [0.25, 0.3) is 0 Å². The van der Waals surface area contributed by atoms with Crippen LogP contribution in [0, 0.1) is 0 Å². The molecule has 9 aromatic carbocycles. The van der Waals surface area contributed by atoms with Gasteiger partial charge in [0, 0.05) is 33.2 Å². The van der Waals surface area contributed by atoms with Crippen molar-refractivity contribution in [3.63, 3.8) is 0 Å². The number of aromatic nitrogens is 4. The van der Waals surface area contributed by atoms with E-state index < -0.39 is 0 Å². The second-order valence-corrected chi connectivity index (χ2v) is 15.2.